The summed E-state index contributed by atoms with van der Waals surface area (Å²) in [5, 5.41) is 0. The minimum absolute atomic E-state index is 0.0266. The van der Waals surface area contributed by atoms with Crippen LogP contribution in [-0.4, -0.2) is 47.4 Å². The van der Waals surface area contributed by atoms with Crippen molar-refractivity contribution in [2.45, 2.75) is 100 Å². The second-order valence-corrected chi connectivity index (χ2v) is 16.3. The highest BCUT2D eigenvalue weighted by atomic mass is 16.5. The van der Waals surface area contributed by atoms with E-state index in [1.54, 1.807) is 102 Å². The largest absolute Gasteiger partial charge is 0.457 e. The van der Waals surface area contributed by atoms with Gasteiger partial charge in [0.15, 0.2) is 0 Å². The van der Waals surface area contributed by atoms with Crippen LogP contribution in [0.3, 0.4) is 0 Å². The summed E-state index contributed by atoms with van der Waals surface area (Å²) in [5.74, 6) is -0.961. The second-order valence-electron chi connectivity index (χ2n) is 16.3. The van der Waals surface area contributed by atoms with Gasteiger partial charge in [0, 0.05) is 23.6 Å². The van der Waals surface area contributed by atoms with E-state index >= 15 is 0 Å². The summed E-state index contributed by atoms with van der Waals surface area (Å²) < 4.78 is 22.8. The van der Waals surface area contributed by atoms with E-state index in [1.165, 1.54) is 0 Å². The molecule has 4 rings (SSSR count). The van der Waals surface area contributed by atoms with Crippen molar-refractivity contribution in [3.63, 3.8) is 0 Å². The molecule has 0 heterocycles. The normalized spacial score (nSPS) is 12.4. The Bertz CT molecular complexity index is 1910. The maximum Gasteiger partial charge on any atom is 0.343 e. The van der Waals surface area contributed by atoms with E-state index in [0.717, 1.165) is 29.7 Å². The third-order valence-electron chi connectivity index (χ3n) is 9.05. The molecular weight excluding hydrogens is 695 g/mol. The van der Waals surface area contributed by atoms with E-state index in [4.69, 9.17) is 18.9 Å². The quantitative estimate of drug-likeness (QED) is 0.0920. The zero-order valence-corrected chi connectivity index (χ0v) is 33.8. The van der Waals surface area contributed by atoms with Gasteiger partial charge in [0.2, 0.25) is 0 Å². The van der Waals surface area contributed by atoms with E-state index < -0.39 is 22.8 Å². The van der Waals surface area contributed by atoms with Crippen LogP contribution in [0.2, 0.25) is 0 Å². The van der Waals surface area contributed by atoms with Crippen molar-refractivity contribution in [3.8, 4) is 17.2 Å². The van der Waals surface area contributed by atoms with Crippen molar-refractivity contribution >= 4 is 23.9 Å². The lowest BCUT2D eigenvalue weighted by Crippen LogP contribution is -2.38. The first-order valence-corrected chi connectivity index (χ1v) is 18.8. The second kappa shape index (κ2) is 18.4. The molecule has 55 heavy (non-hydrogen) atoms. The molecule has 0 amide bonds. The summed E-state index contributed by atoms with van der Waals surface area (Å²) in [7, 11) is 0. The van der Waals surface area contributed by atoms with Gasteiger partial charge in [0.1, 0.15) is 23.9 Å². The highest BCUT2D eigenvalue weighted by Gasteiger charge is 2.26. The van der Waals surface area contributed by atoms with Crippen molar-refractivity contribution in [2.24, 2.45) is 10.8 Å². The average molecular weight is 750 g/mol. The number of ether oxygens (including phenoxy) is 4. The number of nitrogens with zero attached hydrogens (tertiary/aromatic N) is 1. The lowest BCUT2D eigenvalue weighted by Gasteiger charge is -2.32. The summed E-state index contributed by atoms with van der Waals surface area (Å²) in [6.45, 7) is 20.1. The van der Waals surface area contributed by atoms with Gasteiger partial charge in [-0.25, -0.2) is 9.59 Å². The fraction of sp³-hybridized carbons (Fsp3) is 0.391. The highest BCUT2D eigenvalue weighted by Crippen LogP contribution is 2.37. The number of hydrogen-bond donors (Lipinski definition) is 0. The van der Waals surface area contributed by atoms with Crippen LogP contribution >= 0.6 is 0 Å². The molecule has 9 nitrogen and oxygen atoms in total. The minimum atomic E-state index is -0.676. The maximum atomic E-state index is 13.6. The molecule has 0 fully saturated rings. The lowest BCUT2D eigenvalue weighted by atomic mass is 9.86. The fourth-order valence-corrected chi connectivity index (χ4v) is 5.86. The molecule has 0 aromatic heterocycles. The Kier molecular flexibility index (Phi) is 14.2. The summed E-state index contributed by atoms with van der Waals surface area (Å²) in [4.78, 5) is 53.8. The Morgan fingerprint density at radius 1 is 0.600 bits per heavy atom. The number of esters is 4. The number of carbonyl (C=O) groups excluding carboxylic acids is 4. The van der Waals surface area contributed by atoms with Gasteiger partial charge in [-0.2, -0.15) is 0 Å². The predicted molar refractivity (Wildman–Crippen MR) is 213 cm³/mol. The standard InChI is InChI=1S/C46H55NO8/c1-30(2)47(31(3)4)27-26-38(33-14-12-11-13-15-33)39-28-32(29-52-41(48)34-17-21-36(22-18-34)53-43(50)45(5,6)7)16-25-40(39)55-42(49)35-19-23-37(24-20-35)54-44(51)46(8,9)10/h11-25,28,30-31,38H,26-27,29H2,1-10H3. The molecule has 0 aliphatic carbocycles. The lowest BCUT2D eigenvalue weighted by molar-refractivity contribution is -0.143. The molecule has 0 saturated heterocycles. The Morgan fingerprint density at radius 2 is 1.09 bits per heavy atom. The maximum absolute atomic E-state index is 13.6. The first kappa shape index (κ1) is 42.5. The van der Waals surface area contributed by atoms with Crippen LogP contribution in [0, 0.1) is 10.8 Å². The third kappa shape index (κ3) is 12.1. The Hall–Kier alpha value is -5.28. The summed E-state index contributed by atoms with van der Waals surface area (Å²) in [6.07, 6.45) is 0.730. The molecule has 4 aromatic rings. The molecule has 0 bridgehead atoms. The predicted octanol–water partition coefficient (Wildman–Crippen LogP) is 9.81. The SMILES string of the molecule is CC(C)N(CCC(c1ccccc1)c1cc(COC(=O)c2ccc(OC(=O)C(C)(C)C)cc2)ccc1OC(=O)c1ccc(OC(=O)C(C)(C)C)cc1)C(C)C. The Labute approximate surface area is 325 Å². The molecule has 0 N–H and O–H groups in total. The topological polar surface area (TPSA) is 108 Å². The van der Waals surface area contributed by atoms with Crippen LogP contribution in [0.1, 0.15) is 119 Å². The molecule has 292 valence electrons. The Morgan fingerprint density at radius 3 is 1.56 bits per heavy atom. The molecule has 0 saturated carbocycles. The third-order valence-corrected chi connectivity index (χ3v) is 9.05. The van der Waals surface area contributed by atoms with E-state index in [2.05, 4.69) is 44.7 Å². The molecule has 4 aromatic carbocycles. The summed E-state index contributed by atoms with van der Waals surface area (Å²) in [5.41, 5.74) is 1.81. The van der Waals surface area contributed by atoms with Crippen LogP contribution < -0.4 is 14.2 Å². The van der Waals surface area contributed by atoms with Gasteiger partial charge < -0.3 is 18.9 Å². The Balaban J connectivity index is 1.63. The smallest absolute Gasteiger partial charge is 0.343 e. The van der Waals surface area contributed by atoms with Crippen LogP contribution in [0.4, 0.5) is 0 Å². The molecular formula is C46H55NO8. The number of rotatable bonds is 14. The molecule has 1 atom stereocenters. The minimum Gasteiger partial charge on any atom is -0.457 e. The summed E-state index contributed by atoms with van der Waals surface area (Å²) >= 11 is 0. The van der Waals surface area contributed by atoms with Gasteiger partial charge in [-0.1, -0.05) is 36.4 Å². The van der Waals surface area contributed by atoms with Gasteiger partial charge in [-0.3, -0.25) is 14.5 Å². The van der Waals surface area contributed by atoms with Crippen molar-refractivity contribution in [2.75, 3.05) is 6.54 Å². The molecule has 0 spiro atoms. The van der Waals surface area contributed by atoms with Gasteiger partial charge in [-0.15, -0.1) is 0 Å². The first-order chi connectivity index (χ1) is 25.8. The van der Waals surface area contributed by atoms with Crippen LogP contribution in [0.5, 0.6) is 17.2 Å². The van der Waals surface area contributed by atoms with Gasteiger partial charge in [-0.05, 0) is 154 Å². The molecule has 0 aliphatic rings. The number of benzene rings is 4. The molecule has 1 unspecified atom stereocenters. The van der Waals surface area contributed by atoms with Crippen molar-refractivity contribution in [1.29, 1.82) is 0 Å². The zero-order chi connectivity index (χ0) is 40.5. The number of carbonyl (C=O) groups is 4. The van der Waals surface area contributed by atoms with E-state index in [9.17, 15) is 19.2 Å². The zero-order valence-electron chi connectivity index (χ0n) is 33.8. The van der Waals surface area contributed by atoms with Gasteiger partial charge in [0.25, 0.3) is 0 Å². The molecule has 0 radical (unpaired) electrons. The van der Waals surface area contributed by atoms with Crippen LogP contribution in [-0.2, 0) is 20.9 Å². The van der Waals surface area contributed by atoms with Crippen LogP contribution in [0.25, 0.3) is 0 Å². The highest BCUT2D eigenvalue weighted by molar-refractivity contribution is 5.92. The van der Waals surface area contributed by atoms with Gasteiger partial charge in [0.05, 0.1) is 22.0 Å². The van der Waals surface area contributed by atoms with E-state index in [1.807, 2.05) is 24.3 Å². The van der Waals surface area contributed by atoms with E-state index in [0.29, 0.717) is 40.5 Å². The van der Waals surface area contributed by atoms with Crippen molar-refractivity contribution < 1.29 is 38.1 Å². The van der Waals surface area contributed by atoms with E-state index in [-0.39, 0.29) is 24.5 Å². The molecule has 0 aliphatic heterocycles. The van der Waals surface area contributed by atoms with Crippen LogP contribution in [0.15, 0.2) is 97.1 Å². The van der Waals surface area contributed by atoms with Gasteiger partial charge >= 0.3 is 23.9 Å². The first-order valence-electron chi connectivity index (χ1n) is 18.8. The molecule has 9 heteroatoms. The number of hydrogen-bond acceptors (Lipinski definition) is 9. The average Bonchev–Trinajstić information content (AvgIpc) is 3.12. The summed E-state index contributed by atoms with van der Waals surface area (Å²) in [6, 6.07) is 28.7. The van der Waals surface area contributed by atoms with Crippen molar-refractivity contribution in [1.82, 2.24) is 4.90 Å². The fourth-order valence-electron chi connectivity index (χ4n) is 5.86. The van der Waals surface area contributed by atoms with Crippen molar-refractivity contribution in [3.05, 3.63) is 125 Å². The monoisotopic (exact) mass is 749 g/mol.